The van der Waals surface area contributed by atoms with Gasteiger partial charge in [0, 0.05) is 38.4 Å². The molecule has 1 aromatic carbocycles. The summed E-state index contributed by atoms with van der Waals surface area (Å²) in [5.74, 6) is -1.53. The zero-order chi connectivity index (χ0) is 23.3. The summed E-state index contributed by atoms with van der Waals surface area (Å²) in [4.78, 5) is 39.7. The molecule has 11 heteroatoms. The Morgan fingerprint density at radius 2 is 1.78 bits per heavy atom. The molecular weight excluding hydrogens is 436 g/mol. The lowest BCUT2D eigenvalue weighted by Gasteiger charge is -2.41. The molecule has 0 radical (unpaired) electrons. The van der Waals surface area contributed by atoms with Gasteiger partial charge >= 0.3 is 5.97 Å². The van der Waals surface area contributed by atoms with Gasteiger partial charge in [-0.3, -0.25) is 9.59 Å². The molecule has 0 unspecified atom stereocenters. The van der Waals surface area contributed by atoms with E-state index in [1.54, 1.807) is 18.2 Å². The van der Waals surface area contributed by atoms with Crippen LogP contribution in [0.3, 0.4) is 0 Å². The number of nitrogens with one attached hydrogen (secondary N) is 1. The standard InChI is InChI=1S/C21H30N4O6S/c1-15(21(28)31-2)23-19(26)18-14-24(32(29,30)17-6-4-3-5-7-17)12-13-25(18)20(27)16-8-10-22-11-9-16/h3-7,15-16,18,22H,8-14H2,1-2H3,(H,23,26)/p+1/t15-,18-/m1/s1. The molecule has 0 saturated carbocycles. The molecular formula is C21H31N4O6S+. The first-order valence-corrected chi connectivity index (χ1v) is 12.2. The molecule has 2 fully saturated rings. The number of hydrogen-bond acceptors (Lipinski definition) is 6. The van der Waals surface area contributed by atoms with E-state index in [-0.39, 0.29) is 36.4 Å². The molecule has 1 aromatic rings. The average molecular weight is 468 g/mol. The number of rotatable bonds is 6. The van der Waals surface area contributed by atoms with E-state index in [0.29, 0.717) is 12.8 Å². The van der Waals surface area contributed by atoms with Gasteiger partial charge < -0.3 is 20.3 Å². The molecule has 2 amide bonds. The van der Waals surface area contributed by atoms with E-state index < -0.39 is 34.0 Å². The fraction of sp³-hybridized carbons (Fsp3) is 0.571. The van der Waals surface area contributed by atoms with Crippen molar-refractivity contribution in [1.82, 2.24) is 14.5 Å². The maximum atomic E-state index is 13.2. The average Bonchev–Trinajstić information content (AvgIpc) is 2.83. The Morgan fingerprint density at radius 3 is 2.41 bits per heavy atom. The van der Waals surface area contributed by atoms with E-state index in [2.05, 4.69) is 15.4 Å². The van der Waals surface area contributed by atoms with Gasteiger partial charge in [0.2, 0.25) is 21.8 Å². The van der Waals surface area contributed by atoms with Gasteiger partial charge in [0.05, 0.1) is 25.1 Å². The molecule has 2 aliphatic rings. The highest BCUT2D eigenvalue weighted by Gasteiger charge is 2.42. The van der Waals surface area contributed by atoms with E-state index in [1.807, 2.05) is 0 Å². The molecule has 2 atom stereocenters. The summed E-state index contributed by atoms with van der Waals surface area (Å²) in [6.45, 7) is 3.19. The summed E-state index contributed by atoms with van der Waals surface area (Å²) in [6.07, 6.45) is 1.43. The van der Waals surface area contributed by atoms with Gasteiger partial charge in [0.1, 0.15) is 12.1 Å². The van der Waals surface area contributed by atoms with Crippen molar-refractivity contribution in [2.45, 2.75) is 36.7 Å². The summed E-state index contributed by atoms with van der Waals surface area (Å²) in [6, 6.07) is 6.04. The van der Waals surface area contributed by atoms with Crippen LogP contribution in [0, 0.1) is 5.92 Å². The van der Waals surface area contributed by atoms with Crippen LogP contribution in [-0.4, -0.2) is 87.3 Å². The van der Waals surface area contributed by atoms with Crippen molar-refractivity contribution in [3.05, 3.63) is 30.3 Å². The second kappa shape index (κ2) is 10.4. The van der Waals surface area contributed by atoms with E-state index in [9.17, 15) is 22.8 Å². The number of ether oxygens (including phenoxy) is 1. The van der Waals surface area contributed by atoms with Crippen LogP contribution in [0.5, 0.6) is 0 Å². The second-order valence-electron chi connectivity index (χ2n) is 8.12. The van der Waals surface area contributed by atoms with Crippen LogP contribution in [0.1, 0.15) is 19.8 Å². The maximum absolute atomic E-state index is 13.2. The van der Waals surface area contributed by atoms with Crippen molar-refractivity contribution < 1.29 is 32.9 Å². The number of piperazine rings is 1. The Morgan fingerprint density at radius 1 is 1.12 bits per heavy atom. The highest BCUT2D eigenvalue weighted by atomic mass is 32.2. The van der Waals surface area contributed by atoms with Crippen molar-refractivity contribution in [2.24, 2.45) is 5.92 Å². The van der Waals surface area contributed by atoms with Crippen molar-refractivity contribution in [2.75, 3.05) is 39.8 Å². The van der Waals surface area contributed by atoms with Gasteiger partial charge in [0.15, 0.2) is 0 Å². The Labute approximate surface area is 188 Å². The predicted molar refractivity (Wildman–Crippen MR) is 115 cm³/mol. The van der Waals surface area contributed by atoms with E-state index >= 15 is 0 Å². The van der Waals surface area contributed by atoms with Gasteiger partial charge in [-0.05, 0) is 19.1 Å². The molecule has 0 aliphatic carbocycles. The maximum Gasteiger partial charge on any atom is 0.328 e. The summed E-state index contributed by atoms with van der Waals surface area (Å²) >= 11 is 0. The number of quaternary nitrogens is 1. The van der Waals surface area contributed by atoms with Gasteiger partial charge in [-0.1, -0.05) is 18.2 Å². The molecule has 2 heterocycles. The van der Waals surface area contributed by atoms with Crippen molar-refractivity contribution in [3.8, 4) is 0 Å². The molecule has 2 aliphatic heterocycles. The topological polar surface area (TPSA) is 130 Å². The van der Waals surface area contributed by atoms with Crippen LogP contribution in [0.15, 0.2) is 35.2 Å². The zero-order valence-corrected chi connectivity index (χ0v) is 19.2. The Kier molecular flexibility index (Phi) is 7.86. The number of benzene rings is 1. The van der Waals surface area contributed by atoms with Crippen LogP contribution >= 0.6 is 0 Å². The minimum atomic E-state index is -3.83. The number of amides is 2. The summed E-state index contributed by atoms with van der Waals surface area (Å²) < 4.78 is 32.1. The molecule has 2 saturated heterocycles. The van der Waals surface area contributed by atoms with E-state index in [1.165, 1.54) is 35.4 Å². The fourth-order valence-corrected chi connectivity index (χ4v) is 5.62. The number of sulfonamides is 1. The van der Waals surface area contributed by atoms with E-state index in [4.69, 9.17) is 0 Å². The number of carbonyl (C=O) groups excluding carboxylic acids is 3. The lowest BCUT2D eigenvalue weighted by Crippen LogP contribution is -2.86. The lowest BCUT2D eigenvalue weighted by molar-refractivity contribution is -0.664. The molecule has 3 rings (SSSR count). The molecule has 32 heavy (non-hydrogen) atoms. The normalized spacial score (nSPS) is 21.6. The predicted octanol–water partition coefficient (Wildman–Crippen LogP) is -1.46. The number of esters is 1. The third kappa shape index (κ3) is 5.28. The van der Waals surface area contributed by atoms with Crippen LogP contribution in [0.25, 0.3) is 0 Å². The largest absolute Gasteiger partial charge is 0.467 e. The number of nitrogens with zero attached hydrogens (tertiary/aromatic N) is 2. The first kappa shape index (κ1) is 24.1. The fourth-order valence-electron chi connectivity index (χ4n) is 4.16. The Balaban J connectivity index is 1.84. The molecule has 0 aromatic heterocycles. The lowest BCUT2D eigenvalue weighted by atomic mass is 9.95. The Hall–Kier alpha value is -2.50. The van der Waals surface area contributed by atoms with Crippen LogP contribution < -0.4 is 10.6 Å². The zero-order valence-electron chi connectivity index (χ0n) is 18.4. The van der Waals surface area contributed by atoms with Gasteiger partial charge in [0.25, 0.3) is 0 Å². The van der Waals surface area contributed by atoms with E-state index in [0.717, 1.165) is 13.1 Å². The minimum Gasteiger partial charge on any atom is -0.467 e. The second-order valence-corrected chi connectivity index (χ2v) is 10.1. The first-order valence-electron chi connectivity index (χ1n) is 10.8. The monoisotopic (exact) mass is 467 g/mol. The molecule has 0 spiro atoms. The first-order chi connectivity index (χ1) is 15.3. The van der Waals surface area contributed by atoms with Crippen molar-refractivity contribution in [3.63, 3.8) is 0 Å². The summed E-state index contributed by atoms with van der Waals surface area (Å²) in [7, 11) is -2.62. The molecule has 0 bridgehead atoms. The van der Waals surface area contributed by atoms with Crippen LogP contribution in [-0.2, 0) is 29.1 Å². The van der Waals surface area contributed by atoms with Gasteiger partial charge in [-0.15, -0.1) is 0 Å². The van der Waals surface area contributed by atoms with Crippen LogP contribution in [0.2, 0.25) is 0 Å². The van der Waals surface area contributed by atoms with Crippen molar-refractivity contribution in [1.29, 1.82) is 0 Å². The quantitative estimate of drug-likeness (QED) is 0.492. The van der Waals surface area contributed by atoms with Gasteiger partial charge in [-0.2, -0.15) is 4.31 Å². The third-order valence-electron chi connectivity index (χ3n) is 6.01. The number of nitrogens with two attached hydrogens (primary N) is 1. The van der Waals surface area contributed by atoms with Gasteiger partial charge in [-0.25, -0.2) is 13.2 Å². The number of hydrogen-bond donors (Lipinski definition) is 2. The van der Waals surface area contributed by atoms with Crippen molar-refractivity contribution >= 4 is 27.8 Å². The molecule has 176 valence electrons. The molecule has 10 nitrogen and oxygen atoms in total. The molecule has 3 N–H and O–H groups in total. The smallest absolute Gasteiger partial charge is 0.328 e. The Bertz CT molecular complexity index is 933. The highest BCUT2D eigenvalue weighted by Crippen LogP contribution is 2.23. The minimum absolute atomic E-state index is 0.0954. The third-order valence-corrected chi connectivity index (χ3v) is 7.89. The van der Waals surface area contributed by atoms with Crippen LogP contribution in [0.4, 0.5) is 0 Å². The number of piperidine rings is 1. The number of carbonyl (C=O) groups is 3. The SMILES string of the molecule is COC(=O)[C@@H](C)NC(=O)[C@H]1CN(S(=O)(=O)c2ccccc2)CCN1C(=O)C1CC[NH2+]CC1. The highest BCUT2D eigenvalue weighted by molar-refractivity contribution is 7.89. The summed E-state index contributed by atoms with van der Waals surface area (Å²) in [5.41, 5.74) is 0. The summed E-state index contributed by atoms with van der Waals surface area (Å²) in [5, 5.41) is 4.71. The number of methoxy groups -OCH3 is 1.